The number of benzene rings is 2. The van der Waals surface area contributed by atoms with Gasteiger partial charge in [0.25, 0.3) is 10.0 Å². The van der Waals surface area contributed by atoms with Gasteiger partial charge in [0.2, 0.25) is 11.8 Å². The summed E-state index contributed by atoms with van der Waals surface area (Å²) in [5, 5.41) is 8.37. The van der Waals surface area contributed by atoms with Crippen LogP contribution >= 0.6 is 11.8 Å². The fraction of sp³-hybridized carbons (Fsp3) is 0.174. The number of pyridine rings is 1. The van der Waals surface area contributed by atoms with Crippen LogP contribution in [0.1, 0.15) is 16.8 Å². The standard InChI is InChI=1S/C23H22N4O4S2/c1-14-12-22(25-20-7-5-4-6-19(14)20)32-13-21(28)24-17-8-10-18(11-9-17)33(29,30)27-23-15(2)16(3)26-31-23/h4-12,27H,13H2,1-3H3,(H,24,28). The minimum atomic E-state index is -3.84. The number of carbonyl (C=O) groups is 1. The molecule has 8 nitrogen and oxygen atoms in total. The Kier molecular flexibility index (Phi) is 6.39. The van der Waals surface area contributed by atoms with E-state index in [0.717, 1.165) is 21.5 Å². The molecule has 33 heavy (non-hydrogen) atoms. The highest BCUT2D eigenvalue weighted by Gasteiger charge is 2.19. The van der Waals surface area contributed by atoms with Crippen LogP contribution in [0.15, 0.2) is 69.0 Å². The predicted octanol–water partition coefficient (Wildman–Crippen LogP) is 4.68. The van der Waals surface area contributed by atoms with E-state index in [9.17, 15) is 13.2 Å². The number of nitrogens with one attached hydrogen (secondary N) is 2. The zero-order valence-corrected chi connectivity index (χ0v) is 19.9. The van der Waals surface area contributed by atoms with Crippen molar-refractivity contribution < 1.29 is 17.7 Å². The predicted molar refractivity (Wildman–Crippen MR) is 129 cm³/mol. The molecule has 1 amide bonds. The number of sulfonamides is 1. The van der Waals surface area contributed by atoms with Gasteiger partial charge in [-0.05, 0) is 62.7 Å². The van der Waals surface area contributed by atoms with Crippen molar-refractivity contribution in [2.45, 2.75) is 30.7 Å². The Morgan fingerprint density at radius 1 is 1.06 bits per heavy atom. The van der Waals surface area contributed by atoms with Gasteiger partial charge in [-0.1, -0.05) is 35.1 Å². The van der Waals surface area contributed by atoms with Crippen LogP contribution in [0.4, 0.5) is 11.6 Å². The van der Waals surface area contributed by atoms with E-state index in [-0.39, 0.29) is 22.4 Å². The van der Waals surface area contributed by atoms with Gasteiger partial charge < -0.3 is 9.84 Å². The molecule has 0 atom stereocenters. The number of aryl methyl sites for hydroxylation is 2. The van der Waals surface area contributed by atoms with Crippen LogP contribution in [0, 0.1) is 20.8 Å². The number of carbonyl (C=O) groups excluding carboxylic acids is 1. The second kappa shape index (κ2) is 9.24. The third-order valence-corrected chi connectivity index (χ3v) is 7.34. The van der Waals surface area contributed by atoms with Crippen LogP contribution in [-0.4, -0.2) is 30.2 Å². The van der Waals surface area contributed by atoms with Gasteiger partial charge in [0.1, 0.15) is 0 Å². The largest absolute Gasteiger partial charge is 0.337 e. The number of thioether (sulfide) groups is 1. The number of nitrogens with zero attached hydrogens (tertiary/aromatic N) is 2. The normalized spacial score (nSPS) is 11.5. The van der Waals surface area contributed by atoms with Crippen molar-refractivity contribution in [3.63, 3.8) is 0 Å². The van der Waals surface area contributed by atoms with Gasteiger partial charge in [-0.3, -0.25) is 4.79 Å². The fourth-order valence-corrected chi connectivity index (χ4v) is 4.96. The average Bonchev–Trinajstić information content (AvgIpc) is 3.10. The van der Waals surface area contributed by atoms with Crippen LogP contribution in [-0.2, 0) is 14.8 Å². The molecule has 10 heteroatoms. The molecule has 0 unspecified atom stereocenters. The maximum atomic E-state index is 12.6. The lowest BCUT2D eigenvalue weighted by molar-refractivity contribution is -0.113. The Bertz CT molecular complexity index is 1430. The molecule has 170 valence electrons. The summed E-state index contributed by atoms with van der Waals surface area (Å²) in [6.45, 7) is 5.46. The van der Waals surface area contributed by atoms with Crippen LogP contribution in [0.5, 0.6) is 0 Å². The van der Waals surface area contributed by atoms with Crippen molar-refractivity contribution in [1.82, 2.24) is 10.1 Å². The summed E-state index contributed by atoms with van der Waals surface area (Å²) in [4.78, 5) is 17.0. The van der Waals surface area contributed by atoms with Crippen molar-refractivity contribution in [2.24, 2.45) is 0 Å². The van der Waals surface area contributed by atoms with Crippen molar-refractivity contribution >= 4 is 50.2 Å². The summed E-state index contributed by atoms with van der Waals surface area (Å²) in [5.41, 5.74) is 3.72. The third-order valence-electron chi connectivity index (χ3n) is 5.08. The van der Waals surface area contributed by atoms with E-state index in [4.69, 9.17) is 4.52 Å². The second-order valence-electron chi connectivity index (χ2n) is 7.48. The van der Waals surface area contributed by atoms with Gasteiger partial charge in [-0.2, -0.15) is 0 Å². The summed E-state index contributed by atoms with van der Waals surface area (Å²) in [5.74, 6) is 0.0461. The second-order valence-corrected chi connectivity index (χ2v) is 10.2. The number of hydrogen-bond acceptors (Lipinski definition) is 7. The van der Waals surface area contributed by atoms with E-state index < -0.39 is 10.0 Å². The van der Waals surface area contributed by atoms with Gasteiger partial charge in [0.05, 0.1) is 26.9 Å². The zero-order chi connectivity index (χ0) is 23.6. The maximum absolute atomic E-state index is 12.6. The van der Waals surface area contributed by atoms with Crippen LogP contribution in [0.2, 0.25) is 0 Å². The van der Waals surface area contributed by atoms with Crippen LogP contribution in [0.25, 0.3) is 10.9 Å². The molecule has 2 aromatic heterocycles. The van der Waals surface area contributed by atoms with E-state index in [2.05, 4.69) is 20.2 Å². The molecule has 0 fully saturated rings. The maximum Gasteiger partial charge on any atom is 0.264 e. The van der Waals surface area contributed by atoms with E-state index in [1.165, 1.54) is 36.0 Å². The first-order valence-corrected chi connectivity index (χ1v) is 12.5. The molecule has 0 bridgehead atoms. The molecule has 4 aromatic rings. The molecule has 2 N–H and O–H groups in total. The quantitative estimate of drug-likeness (QED) is 0.368. The minimum absolute atomic E-state index is 0.0409. The molecular formula is C23H22N4O4S2. The summed E-state index contributed by atoms with van der Waals surface area (Å²) in [6.07, 6.45) is 0. The van der Waals surface area contributed by atoms with Gasteiger partial charge in [-0.15, -0.1) is 0 Å². The van der Waals surface area contributed by atoms with E-state index in [1.807, 2.05) is 37.3 Å². The van der Waals surface area contributed by atoms with Crippen molar-refractivity contribution in [3.8, 4) is 0 Å². The Balaban J connectivity index is 1.37. The van der Waals surface area contributed by atoms with Gasteiger partial charge in [-0.25, -0.2) is 18.1 Å². The topological polar surface area (TPSA) is 114 Å². The first-order chi connectivity index (χ1) is 15.7. The smallest absolute Gasteiger partial charge is 0.264 e. The fourth-order valence-electron chi connectivity index (χ4n) is 3.14. The molecule has 0 aliphatic carbocycles. The number of para-hydroxylation sites is 1. The highest BCUT2D eigenvalue weighted by molar-refractivity contribution is 7.99. The Hall–Kier alpha value is -3.37. The molecule has 0 radical (unpaired) electrons. The Morgan fingerprint density at radius 3 is 2.48 bits per heavy atom. The first kappa shape index (κ1) is 22.8. The SMILES string of the molecule is Cc1noc(NS(=O)(=O)c2ccc(NC(=O)CSc3cc(C)c4ccccc4n3)cc2)c1C. The monoisotopic (exact) mass is 482 g/mol. The van der Waals surface area contributed by atoms with Crippen molar-refractivity contribution in [1.29, 1.82) is 0 Å². The number of amides is 1. The van der Waals surface area contributed by atoms with E-state index in [0.29, 0.717) is 16.9 Å². The average molecular weight is 483 g/mol. The number of rotatable bonds is 7. The summed E-state index contributed by atoms with van der Waals surface area (Å²) >= 11 is 1.34. The lowest BCUT2D eigenvalue weighted by Gasteiger charge is -2.09. The molecule has 0 saturated heterocycles. The van der Waals surface area contributed by atoms with Crippen molar-refractivity contribution in [3.05, 3.63) is 71.4 Å². The van der Waals surface area contributed by atoms with Gasteiger partial charge in [0.15, 0.2) is 0 Å². The number of hydrogen-bond donors (Lipinski definition) is 2. The molecular weight excluding hydrogens is 460 g/mol. The van der Waals surface area contributed by atoms with Gasteiger partial charge in [0, 0.05) is 16.6 Å². The molecule has 0 saturated carbocycles. The third kappa shape index (κ3) is 5.18. The lowest BCUT2D eigenvalue weighted by atomic mass is 10.1. The zero-order valence-electron chi connectivity index (χ0n) is 18.2. The Morgan fingerprint density at radius 2 is 1.79 bits per heavy atom. The highest BCUT2D eigenvalue weighted by atomic mass is 32.2. The van der Waals surface area contributed by atoms with Crippen LogP contribution < -0.4 is 10.0 Å². The molecule has 0 aliphatic rings. The van der Waals surface area contributed by atoms with Gasteiger partial charge >= 0.3 is 0 Å². The number of aromatic nitrogens is 2. The molecule has 2 aromatic carbocycles. The van der Waals surface area contributed by atoms with Crippen LogP contribution in [0.3, 0.4) is 0 Å². The number of anilines is 2. The molecule has 0 spiro atoms. The summed E-state index contributed by atoms with van der Waals surface area (Å²) in [7, 11) is -3.84. The first-order valence-electron chi connectivity index (χ1n) is 10.1. The summed E-state index contributed by atoms with van der Waals surface area (Å²) in [6, 6.07) is 15.7. The molecule has 4 rings (SSSR count). The molecule has 0 aliphatic heterocycles. The van der Waals surface area contributed by atoms with E-state index >= 15 is 0 Å². The highest BCUT2D eigenvalue weighted by Crippen LogP contribution is 2.25. The summed E-state index contributed by atoms with van der Waals surface area (Å²) < 4.78 is 32.6. The van der Waals surface area contributed by atoms with E-state index in [1.54, 1.807) is 13.8 Å². The number of fused-ring (bicyclic) bond motifs is 1. The molecule has 2 heterocycles. The van der Waals surface area contributed by atoms with Crippen molar-refractivity contribution in [2.75, 3.05) is 15.8 Å². The Labute approximate surface area is 195 Å². The lowest BCUT2D eigenvalue weighted by Crippen LogP contribution is -2.15. The minimum Gasteiger partial charge on any atom is -0.337 e.